The van der Waals surface area contributed by atoms with Crippen molar-refractivity contribution in [2.75, 3.05) is 5.32 Å². The molecular weight excluding hydrogens is 262 g/mol. The van der Waals surface area contributed by atoms with E-state index in [4.69, 9.17) is 9.84 Å². The number of ether oxygens (including phenoxy) is 1. The summed E-state index contributed by atoms with van der Waals surface area (Å²) in [5.74, 6) is -1.32. The van der Waals surface area contributed by atoms with Gasteiger partial charge in [-0.25, -0.2) is 19.6 Å². The maximum Gasteiger partial charge on any atom is 0.414 e. The topological polar surface area (TPSA) is 101 Å². The molecule has 0 atom stereocenters. The number of carboxylic acids is 1. The molecule has 0 unspecified atom stereocenters. The van der Waals surface area contributed by atoms with Crippen LogP contribution in [0.2, 0.25) is 0 Å². The molecule has 20 heavy (non-hydrogen) atoms. The molecule has 0 aliphatic heterocycles. The van der Waals surface area contributed by atoms with Crippen LogP contribution in [0, 0.1) is 0 Å². The Hall–Kier alpha value is -2.96. The number of hydrogen-bond donors (Lipinski definition) is 2. The van der Waals surface area contributed by atoms with E-state index in [0.29, 0.717) is 0 Å². The Labute approximate surface area is 114 Å². The molecule has 0 bridgehead atoms. The fourth-order valence-electron chi connectivity index (χ4n) is 1.39. The highest BCUT2D eigenvalue weighted by Crippen LogP contribution is 2.04. The lowest BCUT2D eigenvalue weighted by molar-refractivity contribution is 0.0690. The average molecular weight is 273 g/mol. The summed E-state index contributed by atoms with van der Waals surface area (Å²) in [7, 11) is 0. The van der Waals surface area contributed by atoms with Crippen LogP contribution in [0.4, 0.5) is 10.7 Å². The second-order valence-electron chi connectivity index (χ2n) is 3.76. The molecule has 0 aliphatic rings. The monoisotopic (exact) mass is 273 g/mol. The van der Waals surface area contributed by atoms with Crippen LogP contribution in [0.3, 0.4) is 0 Å². The van der Waals surface area contributed by atoms with Crippen LogP contribution in [0.5, 0.6) is 0 Å². The number of carboxylic acid groups (broad SMARTS) is 1. The molecule has 0 radical (unpaired) electrons. The fourth-order valence-corrected chi connectivity index (χ4v) is 1.39. The third-order valence-corrected chi connectivity index (χ3v) is 2.30. The zero-order valence-corrected chi connectivity index (χ0v) is 10.3. The standard InChI is InChI=1S/C13H11N3O4/c17-11(18)10-6-7-14-12(15-10)16-13(19)20-8-9-4-2-1-3-5-9/h1-7H,8H2,(H,17,18)(H,14,15,16,19). The van der Waals surface area contributed by atoms with Crippen LogP contribution >= 0.6 is 0 Å². The van der Waals surface area contributed by atoms with Gasteiger partial charge in [-0.1, -0.05) is 30.3 Å². The molecule has 2 rings (SSSR count). The number of carbonyl (C=O) groups is 2. The van der Waals surface area contributed by atoms with Gasteiger partial charge >= 0.3 is 12.1 Å². The van der Waals surface area contributed by atoms with E-state index in [9.17, 15) is 9.59 Å². The van der Waals surface area contributed by atoms with E-state index in [2.05, 4.69) is 15.3 Å². The van der Waals surface area contributed by atoms with Crippen molar-refractivity contribution in [2.24, 2.45) is 0 Å². The van der Waals surface area contributed by atoms with Crippen molar-refractivity contribution in [2.45, 2.75) is 6.61 Å². The van der Waals surface area contributed by atoms with Crippen LogP contribution in [0.1, 0.15) is 16.1 Å². The molecule has 1 aromatic heterocycles. The number of rotatable bonds is 4. The van der Waals surface area contributed by atoms with Crippen LogP contribution < -0.4 is 5.32 Å². The van der Waals surface area contributed by atoms with E-state index in [-0.39, 0.29) is 18.2 Å². The molecule has 2 N–H and O–H groups in total. The summed E-state index contributed by atoms with van der Waals surface area (Å²) in [5, 5.41) is 11.0. The Morgan fingerprint density at radius 3 is 2.65 bits per heavy atom. The van der Waals surface area contributed by atoms with E-state index < -0.39 is 12.1 Å². The van der Waals surface area contributed by atoms with E-state index in [1.807, 2.05) is 30.3 Å². The van der Waals surface area contributed by atoms with Crippen molar-refractivity contribution in [1.29, 1.82) is 0 Å². The number of anilines is 1. The normalized spacial score (nSPS) is 9.80. The number of benzene rings is 1. The molecule has 0 spiro atoms. The number of carbonyl (C=O) groups excluding carboxylic acids is 1. The van der Waals surface area contributed by atoms with Gasteiger partial charge in [-0.15, -0.1) is 0 Å². The van der Waals surface area contributed by atoms with Gasteiger partial charge in [0.1, 0.15) is 6.61 Å². The van der Waals surface area contributed by atoms with Crippen molar-refractivity contribution in [3.05, 3.63) is 53.9 Å². The summed E-state index contributed by atoms with van der Waals surface area (Å²) < 4.78 is 4.95. The van der Waals surface area contributed by atoms with Gasteiger partial charge in [0.15, 0.2) is 5.69 Å². The number of hydrogen-bond acceptors (Lipinski definition) is 5. The summed E-state index contributed by atoms with van der Waals surface area (Å²) in [4.78, 5) is 29.6. The highest BCUT2D eigenvalue weighted by atomic mass is 16.5. The van der Waals surface area contributed by atoms with Gasteiger partial charge in [0.25, 0.3) is 0 Å². The minimum absolute atomic E-state index is 0.102. The molecule has 0 fully saturated rings. The minimum Gasteiger partial charge on any atom is -0.477 e. The maximum absolute atomic E-state index is 11.5. The largest absolute Gasteiger partial charge is 0.477 e. The lowest BCUT2D eigenvalue weighted by Crippen LogP contribution is -2.16. The van der Waals surface area contributed by atoms with Gasteiger partial charge < -0.3 is 9.84 Å². The summed E-state index contributed by atoms with van der Waals surface area (Å²) >= 11 is 0. The molecule has 0 saturated heterocycles. The van der Waals surface area contributed by atoms with Gasteiger partial charge in [-0.3, -0.25) is 5.32 Å². The zero-order chi connectivity index (χ0) is 14.4. The Kier molecular flexibility index (Phi) is 4.23. The van der Waals surface area contributed by atoms with Gasteiger partial charge in [-0.2, -0.15) is 0 Å². The van der Waals surface area contributed by atoms with Crippen LogP contribution in [0.25, 0.3) is 0 Å². The van der Waals surface area contributed by atoms with E-state index >= 15 is 0 Å². The first kappa shape index (κ1) is 13.5. The van der Waals surface area contributed by atoms with Gasteiger partial charge in [0.2, 0.25) is 5.95 Å². The number of aromatic carboxylic acids is 1. The first-order valence-corrected chi connectivity index (χ1v) is 5.69. The maximum atomic E-state index is 11.5. The second-order valence-corrected chi connectivity index (χ2v) is 3.76. The summed E-state index contributed by atoms with van der Waals surface area (Å²) in [5.41, 5.74) is 0.626. The molecule has 102 valence electrons. The minimum atomic E-state index is -1.20. The molecule has 0 saturated carbocycles. The Morgan fingerprint density at radius 1 is 1.20 bits per heavy atom. The van der Waals surface area contributed by atoms with Gasteiger partial charge in [0.05, 0.1) is 0 Å². The van der Waals surface area contributed by atoms with Crippen LogP contribution in [-0.2, 0) is 11.3 Å². The molecule has 7 heteroatoms. The van der Waals surface area contributed by atoms with E-state index in [1.54, 1.807) is 0 Å². The van der Waals surface area contributed by atoms with E-state index in [0.717, 1.165) is 5.56 Å². The highest BCUT2D eigenvalue weighted by Gasteiger charge is 2.09. The molecule has 2 aromatic rings. The lowest BCUT2D eigenvalue weighted by atomic mass is 10.2. The Morgan fingerprint density at radius 2 is 1.95 bits per heavy atom. The van der Waals surface area contributed by atoms with Crippen molar-refractivity contribution in [3.63, 3.8) is 0 Å². The quantitative estimate of drug-likeness (QED) is 0.882. The highest BCUT2D eigenvalue weighted by molar-refractivity contribution is 5.87. The number of nitrogens with zero attached hydrogens (tertiary/aromatic N) is 2. The lowest BCUT2D eigenvalue weighted by Gasteiger charge is -2.06. The number of aromatic nitrogens is 2. The summed E-state index contributed by atoms with van der Waals surface area (Å²) in [6.07, 6.45) is 0.486. The van der Waals surface area contributed by atoms with Crippen LogP contribution in [0.15, 0.2) is 42.6 Å². The predicted molar refractivity (Wildman–Crippen MR) is 69.2 cm³/mol. The predicted octanol–water partition coefficient (Wildman–Crippen LogP) is 1.92. The van der Waals surface area contributed by atoms with Crippen molar-refractivity contribution in [3.8, 4) is 0 Å². The summed E-state index contributed by atoms with van der Waals surface area (Å²) in [6, 6.07) is 10.4. The van der Waals surface area contributed by atoms with Gasteiger partial charge in [-0.05, 0) is 11.6 Å². The molecule has 1 heterocycles. The van der Waals surface area contributed by atoms with E-state index in [1.165, 1.54) is 12.3 Å². The van der Waals surface area contributed by atoms with Gasteiger partial charge in [0, 0.05) is 6.20 Å². The van der Waals surface area contributed by atoms with Crippen molar-refractivity contribution < 1.29 is 19.4 Å². The molecule has 1 aromatic carbocycles. The first-order valence-electron chi connectivity index (χ1n) is 5.69. The Balaban J connectivity index is 1.91. The Bertz CT molecular complexity index is 616. The van der Waals surface area contributed by atoms with Crippen LogP contribution in [-0.4, -0.2) is 27.1 Å². The molecule has 1 amide bonds. The third-order valence-electron chi connectivity index (χ3n) is 2.30. The van der Waals surface area contributed by atoms with Crippen molar-refractivity contribution >= 4 is 18.0 Å². The summed E-state index contributed by atoms with van der Waals surface area (Å²) in [6.45, 7) is 0.102. The molecular formula is C13H11N3O4. The first-order chi connectivity index (χ1) is 9.65. The SMILES string of the molecule is O=C(Nc1nccc(C(=O)O)n1)OCc1ccccc1. The molecule has 0 aliphatic carbocycles. The fraction of sp³-hybridized carbons (Fsp3) is 0.0769. The average Bonchev–Trinajstić information content (AvgIpc) is 2.46. The smallest absolute Gasteiger partial charge is 0.414 e. The third kappa shape index (κ3) is 3.77. The molecule has 7 nitrogen and oxygen atoms in total. The number of nitrogens with one attached hydrogen (secondary N) is 1. The second kappa shape index (κ2) is 6.28. The van der Waals surface area contributed by atoms with Crippen molar-refractivity contribution in [1.82, 2.24) is 9.97 Å². The zero-order valence-electron chi connectivity index (χ0n) is 10.3. The number of amides is 1.